The molecular formula is C21H27N3O2. The van der Waals surface area contributed by atoms with Crippen molar-refractivity contribution in [3.63, 3.8) is 0 Å². The SMILES string of the molecule is CC(C)c1ccc(N2CCN(Cc3ccc(C(=O)CO)cc3)CC2)cn1. The van der Waals surface area contributed by atoms with Gasteiger partial charge in [-0.05, 0) is 23.6 Å². The predicted molar refractivity (Wildman–Crippen MR) is 104 cm³/mol. The highest BCUT2D eigenvalue weighted by Gasteiger charge is 2.18. The van der Waals surface area contributed by atoms with Crippen LogP contribution < -0.4 is 4.90 Å². The van der Waals surface area contributed by atoms with Crippen LogP contribution in [-0.2, 0) is 6.54 Å². The number of hydrogen-bond acceptors (Lipinski definition) is 5. The maximum absolute atomic E-state index is 11.5. The van der Waals surface area contributed by atoms with Crippen molar-refractivity contribution in [1.82, 2.24) is 9.88 Å². The lowest BCUT2D eigenvalue weighted by Gasteiger charge is -2.36. The molecule has 1 aliphatic heterocycles. The third-order valence-corrected chi connectivity index (χ3v) is 4.93. The average Bonchev–Trinajstić information content (AvgIpc) is 2.68. The van der Waals surface area contributed by atoms with Crippen LogP contribution in [0.4, 0.5) is 5.69 Å². The van der Waals surface area contributed by atoms with E-state index in [4.69, 9.17) is 5.11 Å². The van der Waals surface area contributed by atoms with Crippen LogP contribution >= 0.6 is 0 Å². The zero-order chi connectivity index (χ0) is 18.5. The Bertz CT molecular complexity index is 718. The van der Waals surface area contributed by atoms with Crippen molar-refractivity contribution in [1.29, 1.82) is 0 Å². The largest absolute Gasteiger partial charge is 0.388 e. The lowest BCUT2D eigenvalue weighted by molar-refractivity contribution is 0.0903. The van der Waals surface area contributed by atoms with Crippen LogP contribution in [0.2, 0.25) is 0 Å². The summed E-state index contributed by atoms with van der Waals surface area (Å²) in [7, 11) is 0. The Balaban J connectivity index is 1.52. The van der Waals surface area contributed by atoms with E-state index in [2.05, 4.69) is 40.8 Å². The summed E-state index contributed by atoms with van der Waals surface area (Å²) < 4.78 is 0. The van der Waals surface area contributed by atoms with Gasteiger partial charge in [0, 0.05) is 44.0 Å². The number of anilines is 1. The number of hydrogen-bond donors (Lipinski definition) is 1. The van der Waals surface area contributed by atoms with E-state index in [1.165, 1.54) is 11.3 Å². The van der Waals surface area contributed by atoms with E-state index in [1.54, 1.807) is 12.1 Å². The van der Waals surface area contributed by atoms with Crippen LogP contribution in [0.1, 0.15) is 41.4 Å². The number of aliphatic hydroxyl groups is 1. The summed E-state index contributed by atoms with van der Waals surface area (Å²) in [4.78, 5) is 20.9. The number of piperazine rings is 1. The molecule has 26 heavy (non-hydrogen) atoms. The number of aromatic nitrogens is 1. The fraction of sp³-hybridized carbons (Fsp3) is 0.429. The Morgan fingerprint density at radius 1 is 1.08 bits per heavy atom. The Labute approximate surface area is 155 Å². The highest BCUT2D eigenvalue weighted by Crippen LogP contribution is 2.19. The zero-order valence-electron chi connectivity index (χ0n) is 15.6. The van der Waals surface area contributed by atoms with Crippen LogP contribution in [-0.4, -0.2) is 53.6 Å². The van der Waals surface area contributed by atoms with Crippen LogP contribution in [0.25, 0.3) is 0 Å². The van der Waals surface area contributed by atoms with Gasteiger partial charge in [0.1, 0.15) is 6.61 Å². The number of rotatable bonds is 6. The smallest absolute Gasteiger partial charge is 0.188 e. The van der Waals surface area contributed by atoms with Gasteiger partial charge in [-0.2, -0.15) is 0 Å². The molecule has 0 bridgehead atoms. The Hall–Kier alpha value is -2.24. The lowest BCUT2D eigenvalue weighted by Crippen LogP contribution is -2.46. The first-order valence-corrected chi connectivity index (χ1v) is 9.23. The van der Waals surface area contributed by atoms with Gasteiger partial charge in [0.15, 0.2) is 5.78 Å². The van der Waals surface area contributed by atoms with E-state index in [-0.39, 0.29) is 5.78 Å². The Kier molecular flexibility index (Phi) is 6.01. The molecule has 138 valence electrons. The highest BCUT2D eigenvalue weighted by molar-refractivity contribution is 5.96. The predicted octanol–water partition coefficient (Wildman–Crippen LogP) is 2.70. The molecule has 1 aromatic heterocycles. The quantitative estimate of drug-likeness (QED) is 0.809. The van der Waals surface area contributed by atoms with Crippen molar-refractivity contribution in [3.8, 4) is 0 Å². The van der Waals surface area contributed by atoms with Crippen LogP contribution in [0, 0.1) is 0 Å². The maximum atomic E-state index is 11.5. The molecular weight excluding hydrogens is 326 g/mol. The molecule has 1 aromatic carbocycles. The fourth-order valence-corrected chi connectivity index (χ4v) is 3.24. The minimum Gasteiger partial charge on any atom is -0.388 e. The van der Waals surface area contributed by atoms with E-state index in [1.807, 2.05) is 18.3 Å². The zero-order valence-corrected chi connectivity index (χ0v) is 15.6. The molecule has 0 aliphatic carbocycles. The van der Waals surface area contributed by atoms with Crippen LogP contribution in [0.3, 0.4) is 0 Å². The third kappa shape index (κ3) is 4.48. The molecule has 5 heteroatoms. The first-order chi connectivity index (χ1) is 12.6. The van der Waals surface area contributed by atoms with Gasteiger partial charge < -0.3 is 10.0 Å². The molecule has 0 spiro atoms. The van der Waals surface area contributed by atoms with Crippen molar-refractivity contribution in [2.75, 3.05) is 37.7 Å². The van der Waals surface area contributed by atoms with Gasteiger partial charge in [0.2, 0.25) is 0 Å². The summed E-state index contributed by atoms with van der Waals surface area (Å²) in [6.45, 7) is 8.75. The van der Waals surface area contributed by atoms with Gasteiger partial charge in [-0.15, -0.1) is 0 Å². The molecule has 5 nitrogen and oxygen atoms in total. The van der Waals surface area contributed by atoms with Gasteiger partial charge in [0.05, 0.1) is 11.9 Å². The normalized spacial score (nSPS) is 15.5. The molecule has 1 saturated heterocycles. The van der Waals surface area contributed by atoms with E-state index in [9.17, 15) is 4.79 Å². The fourth-order valence-electron chi connectivity index (χ4n) is 3.24. The summed E-state index contributed by atoms with van der Waals surface area (Å²) >= 11 is 0. The number of carbonyl (C=O) groups is 1. The van der Waals surface area contributed by atoms with Gasteiger partial charge in [-0.3, -0.25) is 14.7 Å². The number of pyridine rings is 1. The van der Waals surface area contributed by atoms with E-state index >= 15 is 0 Å². The van der Waals surface area contributed by atoms with E-state index < -0.39 is 6.61 Å². The molecule has 2 heterocycles. The first-order valence-electron chi connectivity index (χ1n) is 9.23. The number of nitrogens with zero attached hydrogens (tertiary/aromatic N) is 3. The highest BCUT2D eigenvalue weighted by atomic mass is 16.3. The van der Waals surface area contributed by atoms with Gasteiger partial charge in [-0.25, -0.2) is 0 Å². The molecule has 3 rings (SSSR count). The van der Waals surface area contributed by atoms with Gasteiger partial charge in [0.25, 0.3) is 0 Å². The summed E-state index contributed by atoms with van der Waals surface area (Å²) in [6.07, 6.45) is 1.99. The van der Waals surface area contributed by atoms with Crippen LogP contribution in [0.15, 0.2) is 42.6 Å². The third-order valence-electron chi connectivity index (χ3n) is 4.93. The summed E-state index contributed by atoms with van der Waals surface area (Å²) in [6, 6.07) is 11.8. The standard InChI is InChI=1S/C21H27N3O2/c1-16(2)20-8-7-19(13-22-20)24-11-9-23(10-12-24)14-17-3-5-18(6-4-17)21(26)15-25/h3-8,13,16,25H,9-12,14-15H2,1-2H3. The van der Waals surface area contributed by atoms with E-state index in [0.29, 0.717) is 11.5 Å². The molecule has 0 amide bonds. The maximum Gasteiger partial charge on any atom is 0.188 e. The topological polar surface area (TPSA) is 56.7 Å². The monoisotopic (exact) mass is 353 g/mol. The number of benzene rings is 1. The second-order valence-electron chi connectivity index (χ2n) is 7.14. The first kappa shape index (κ1) is 18.5. The van der Waals surface area contributed by atoms with Gasteiger partial charge in [-0.1, -0.05) is 38.1 Å². The second kappa shape index (κ2) is 8.43. The molecule has 2 aromatic rings. The van der Waals surface area contributed by atoms with Crippen molar-refractivity contribution >= 4 is 11.5 Å². The molecule has 1 fully saturated rings. The molecule has 0 radical (unpaired) electrons. The average molecular weight is 353 g/mol. The Morgan fingerprint density at radius 3 is 2.31 bits per heavy atom. The summed E-state index contributed by atoms with van der Waals surface area (Å²) in [5.74, 6) is 0.224. The van der Waals surface area contributed by atoms with Crippen molar-refractivity contribution < 1.29 is 9.90 Å². The molecule has 0 saturated carbocycles. The summed E-state index contributed by atoms with van der Waals surface area (Å²) in [5.41, 5.74) is 4.09. The molecule has 1 aliphatic rings. The molecule has 1 N–H and O–H groups in total. The second-order valence-corrected chi connectivity index (χ2v) is 7.14. The van der Waals surface area contributed by atoms with Crippen LogP contribution in [0.5, 0.6) is 0 Å². The van der Waals surface area contributed by atoms with Crippen molar-refractivity contribution in [2.45, 2.75) is 26.3 Å². The summed E-state index contributed by atoms with van der Waals surface area (Å²) in [5, 5.41) is 8.91. The minimum atomic E-state index is -0.436. The van der Waals surface area contributed by atoms with E-state index in [0.717, 1.165) is 38.4 Å². The number of carbonyl (C=O) groups excluding carboxylic acids is 1. The number of Topliss-reactive ketones (excluding diaryl/α,β-unsaturated/α-hetero) is 1. The molecule has 0 unspecified atom stereocenters. The Morgan fingerprint density at radius 2 is 1.77 bits per heavy atom. The lowest BCUT2D eigenvalue weighted by atomic mass is 10.1. The van der Waals surface area contributed by atoms with Crippen molar-refractivity contribution in [3.05, 3.63) is 59.4 Å². The minimum absolute atomic E-state index is 0.234. The molecule has 0 atom stereocenters. The van der Waals surface area contributed by atoms with Crippen molar-refractivity contribution in [2.24, 2.45) is 0 Å². The number of ketones is 1. The number of aliphatic hydroxyl groups excluding tert-OH is 1. The van der Waals surface area contributed by atoms with Gasteiger partial charge >= 0.3 is 0 Å².